The third-order valence-corrected chi connectivity index (χ3v) is 5.43. The van der Waals surface area contributed by atoms with Crippen LogP contribution < -0.4 is 10.6 Å². The number of imide groups is 1. The molecule has 2 amide bonds. The van der Waals surface area contributed by atoms with Gasteiger partial charge >= 0.3 is 0 Å². The van der Waals surface area contributed by atoms with Gasteiger partial charge in [0.2, 0.25) is 11.9 Å². The predicted molar refractivity (Wildman–Crippen MR) is 103 cm³/mol. The molecule has 0 aliphatic carbocycles. The number of benzene rings is 2. The number of hydrogen-bond donors (Lipinski definition) is 2. The number of carbonyl (C=O) groups is 2. The molecule has 132 valence electrons. The lowest BCUT2D eigenvalue weighted by molar-refractivity contribution is -0.118. The van der Waals surface area contributed by atoms with E-state index in [0.29, 0.717) is 13.0 Å². The van der Waals surface area contributed by atoms with Gasteiger partial charge in [-0.05, 0) is 29.7 Å². The molecule has 2 aromatic carbocycles. The molecule has 1 atom stereocenters. The van der Waals surface area contributed by atoms with Crippen molar-refractivity contribution in [2.45, 2.75) is 18.2 Å². The number of para-hydroxylation sites is 2. The third kappa shape index (κ3) is 3.30. The first-order chi connectivity index (χ1) is 12.6. The molecule has 0 radical (unpaired) electrons. The molecule has 1 fully saturated rings. The van der Waals surface area contributed by atoms with Crippen molar-refractivity contribution in [3.05, 3.63) is 59.7 Å². The first-order valence-electron chi connectivity index (χ1n) is 8.35. The highest BCUT2D eigenvalue weighted by atomic mass is 32.2. The van der Waals surface area contributed by atoms with E-state index in [-0.39, 0.29) is 16.4 Å². The standard InChI is InChI=1S/C19H18N4O2S/c1-23-15-5-3-2-4-14(15)21-18(23)20-11-13-8-6-12(7-9-13)10-16-17(24)22-19(25)26-16/h2-9,16H,10-11H2,1H3,(H,20,21)(H,22,24,25). The minimum Gasteiger partial charge on any atom is -0.352 e. The summed E-state index contributed by atoms with van der Waals surface area (Å²) in [5.41, 5.74) is 4.22. The number of aryl methyl sites for hydroxylation is 1. The van der Waals surface area contributed by atoms with Crippen molar-refractivity contribution in [3.63, 3.8) is 0 Å². The third-order valence-electron chi connectivity index (χ3n) is 4.45. The number of thioether (sulfide) groups is 1. The van der Waals surface area contributed by atoms with Crippen molar-refractivity contribution in [1.82, 2.24) is 14.9 Å². The maximum atomic E-state index is 11.6. The summed E-state index contributed by atoms with van der Waals surface area (Å²) in [6.45, 7) is 0.661. The van der Waals surface area contributed by atoms with Gasteiger partial charge in [-0.3, -0.25) is 14.9 Å². The first-order valence-corrected chi connectivity index (χ1v) is 9.23. The number of carbonyl (C=O) groups excluding carboxylic acids is 2. The van der Waals surface area contributed by atoms with E-state index in [1.165, 1.54) is 0 Å². The number of nitrogens with zero attached hydrogens (tertiary/aromatic N) is 2. The zero-order valence-corrected chi connectivity index (χ0v) is 15.0. The Hall–Kier alpha value is -2.80. The Morgan fingerprint density at radius 1 is 1.12 bits per heavy atom. The van der Waals surface area contributed by atoms with Gasteiger partial charge in [0.25, 0.3) is 5.24 Å². The number of amides is 2. The zero-order valence-electron chi connectivity index (χ0n) is 14.2. The van der Waals surface area contributed by atoms with Gasteiger partial charge in [0, 0.05) is 13.6 Å². The van der Waals surface area contributed by atoms with Gasteiger partial charge in [-0.15, -0.1) is 0 Å². The van der Waals surface area contributed by atoms with Crippen LogP contribution in [0.1, 0.15) is 11.1 Å². The molecule has 6 nitrogen and oxygen atoms in total. The van der Waals surface area contributed by atoms with E-state index in [0.717, 1.165) is 39.9 Å². The highest BCUT2D eigenvalue weighted by Gasteiger charge is 2.31. The summed E-state index contributed by atoms with van der Waals surface area (Å²) < 4.78 is 2.04. The number of hydrogen-bond acceptors (Lipinski definition) is 5. The molecule has 0 saturated carbocycles. The number of rotatable bonds is 5. The Morgan fingerprint density at radius 2 is 1.85 bits per heavy atom. The Bertz CT molecular complexity index is 981. The molecule has 2 N–H and O–H groups in total. The molecule has 1 unspecified atom stereocenters. The lowest BCUT2D eigenvalue weighted by atomic mass is 10.1. The topological polar surface area (TPSA) is 76.0 Å². The largest absolute Gasteiger partial charge is 0.352 e. The summed E-state index contributed by atoms with van der Waals surface area (Å²) in [5.74, 6) is 0.625. The molecule has 1 aliphatic heterocycles. The summed E-state index contributed by atoms with van der Waals surface area (Å²) in [6, 6.07) is 16.1. The van der Waals surface area contributed by atoms with Crippen molar-refractivity contribution < 1.29 is 9.59 Å². The average molecular weight is 366 g/mol. The van der Waals surface area contributed by atoms with Crippen LogP contribution in [0, 0.1) is 0 Å². The highest BCUT2D eigenvalue weighted by Crippen LogP contribution is 2.23. The van der Waals surface area contributed by atoms with Crippen LogP contribution in [-0.4, -0.2) is 25.9 Å². The van der Waals surface area contributed by atoms with Crippen LogP contribution >= 0.6 is 11.8 Å². The zero-order chi connectivity index (χ0) is 18.1. The Balaban J connectivity index is 1.40. The van der Waals surface area contributed by atoms with Crippen molar-refractivity contribution in [2.24, 2.45) is 7.05 Å². The lowest BCUT2D eigenvalue weighted by Crippen LogP contribution is -2.25. The fourth-order valence-electron chi connectivity index (χ4n) is 3.02. The van der Waals surface area contributed by atoms with Gasteiger partial charge in [0.1, 0.15) is 0 Å². The van der Waals surface area contributed by atoms with Crippen LogP contribution in [-0.2, 0) is 24.8 Å². The summed E-state index contributed by atoms with van der Waals surface area (Å²) in [6.07, 6.45) is 0.556. The van der Waals surface area contributed by atoms with E-state index in [4.69, 9.17) is 0 Å². The van der Waals surface area contributed by atoms with Gasteiger partial charge in [-0.2, -0.15) is 0 Å². The van der Waals surface area contributed by atoms with Crippen LogP contribution in [0.2, 0.25) is 0 Å². The Morgan fingerprint density at radius 3 is 2.54 bits per heavy atom. The molecule has 0 spiro atoms. The van der Waals surface area contributed by atoms with Crippen molar-refractivity contribution in [3.8, 4) is 0 Å². The SMILES string of the molecule is Cn1c(NCc2ccc(CC3SC(=O)NC3=O)cc2)nc2ccccc21. The van der Waals surface area contributed by atoms with E-state index >= 15 is 0 Å². The Kier molecular flexibility index (Phi) is 4.38. The van der Waals surface area contributed by atoms with E-state index < -0.39 is 0 Å². The summed E-state index contributed by atoms with van der Waals surface area (Å²) in [5, 5.41) is 5.09. The lowest BCUT2D eigenvalue weighted by Gasteiger charge is -2.09. The molecule has 1 aromatic heterocycles. The van der Waals surface area contributed by atoms with Crippen LogP contribution in [0.5, 0.6) is 0 Å². The number of imidazole rings is 1. The minimum absolute atomic E-state index is 0.201. The average Bonchev–Trinajstić information content (AvgIpc) is 3.13. The van der Waals surface area contributed by atoms with Gasteiger partial charge in [0.05, 0.1) is 16.3 Å². The monoisotopic (exact) mass is 366 g/mol. The summed E-state index contributed by atoms with van der Waals surface area (Å²) >= 11 is 1.06. The molecule has 1 saturated heterocycles. The van der Waals surface area contributed by atoms with E-state index in [1.54, 1.807) is 0 Å². The second-order valence-electron chi connectivity index (χ2n) is 6.24. The van der Waals surface area contributed by atoms with E-state index in [1.807, 2.05) is 60.1 Å². The molecular formula is C19H18N4O2S. The Labute approximate surface area is 155 Å². The number of nitrogens with one attached hydrogen (secondary N) is 2. The van der Waals surface area contributed by atoms with Gasteiger partial charge in [-0.25, -0.2) is 4.98 Å². The van der Waals surface area contributed by atoms with E-state index in [9.17, 15) is 9.59 Å². The molecule has 26 heavy (non-hydrogen) atoms. The fraction of sp³-hybridized carbons (Fsp3) is 0.211. The minimum atomic E-state index is -0.327. The van der Waals surface area contributed by atoms with Gasteiger partial charge in [0.15, 0.2) is 0 Å². The summed E-state index contributed by atoms with van der Waals surface area (Å²) in [4.78, 5) is 27.5. The van der Waals surface area contributed by atoms with Crippen LogP contribution in [0.3, 0.4) is 0 Å². The molecule has 2 heterocycles. The second-order valence-corrected chi connectivity index (χ2v) is 7.42. The maximum absolute atomic E-state index is 11.6. The number of fused-ring (bicyclic) bond motifs is 1. The van der Waals surface area contributed by atoms with E-state index in [2.05, 4.69) is 15.6 Å². The number of anilines is 1. The molecule has 1 aliphatic rings. The molecule has 3 aromatic rings. The molecule has 0 bridgehead atoms. The first kappa shape index (κ1) is 16.7. The fourth-order valence-corrected chi connectivity index (χ4v) is 3.88. The smallest absolute Gasteiger partial charge is 0.286 e. The normalized spacial score (nSPS) is 16.9. The van der Waals surface area contributed by atoms with Crippen molar-refractivity contribution in [2.75, 3.05) is 5.32 Å². The quantitative estimate of drug-likeness (QED) is 0.726. The van der Waals surface area contributed by atoms with Crippen LogP contribution in [0.15, 0.2) is 48.5 Å². The molecule has 4 rings (SSSR count). The highest BCUT2D eigenvalue weighted by molar-refractivity contribution is 8.15. The second kappa shape index (κ2) is 6.84. The van der Waals surface area contributed by atoms with Crippen molar-refractivity contribution >= 4 is 39.9 Å². The number of aromatic nitrogens is 2. The summed E-state index contributed by atoms with van der Waals surface area (Å²) in [7, 11) is 1.99. The van der Waals surface area contributed by atoms with Crippen LogP contribution in [0.4, 0.5) is 10.7 Å². The van der Waals surface area contributed by atoms with Gasteiger partial charge in [-0.1, -0.05) is 48.2 Å². The van der Waals surface area contributed by atoms with Crippen molar-refractivity contribution in [1.29, 1.82) is 0 Å². The van der Waals surface area contributed by atoms with Gasteiger partial charge < -0.3 is 9.88 Å². The predicted octanol–water partition coefficient (Wildman–Crippen LogP) is 3.08. The maximum Gasteiger partial charge on any atom is 0.286 e. The molecular weight excluding hydrogens is 348 g/mol. The molecule has 7 heteroatoms. The van der Waals surface area contributed by atoms with Crippen LogP contribution in [0.25, 0.3) is 11.0 Å².